The molecule has 1 aromatic heterocycles. The molecule has 1 heterocycles. The summed E-state index contributed by atoms with van der Waals surface area (Å²) < 4.78 is 15.6. The van der Waals surface area contributed by atoms with Crippen molar-refractivity contribution in [3.8, 4) is 11.5 Å². The summed E-state index contributed by atoms with van der Waals surface area (Å²) in [6.45, 7) is 1.92. The first-order valence-electron chi connectivity index (χ1n) is 7.59. The number of rotatable bonds is 4. The molecule has 0 atom stereocenters. The van der Waals surface area contributed by atoms with Crippen LogP contribution in [0.2, 0.25) is 0 Å². The van der Waals surface area contributed by atoms with Crippen LogP contribution in [-0.4, -0.2) is 20.1 Å². The lowest BCUT2D eigenvalue weighted by Crippen LogP contribution is -2.20. The standard InChI is InChI=1S/C19H17NO5/c1-11-4-6-15-12(8-11)9-14(19(22)25-15)18(21)20-13-5-7-16(23-2)17(10-13)24-3/h4-10H,1-3H3,(H,20,21). The molecule has 1 N–H and O–H groups in total. The minimum atomic E-state index is -0.686. The molecule has 0 radical (unpaired) electrons. The highest BCUT2D eigenvalue weighted by Gasteiger charge is 2.15. The fourth-order valence-electron chi connectivity index (χ4n) is 2.51. The van der Waals surface area contributed by atoms with Gasteiger partial charge in [0.25, 0.3) is 5.91 Å². The van der Waals surface area contributed by atoms with E-state index in [9.17, 15) is 9.59 Å². The number of carbonyl (C=O) groups is 1. The lowest BCUT2D eigenvalue weighted by molar-refractivity contribution is 0.102. The van der Waals surface area contributed by atoms with E-state index in [1.165, 1.54) is 20.3 Å². The number of hydrogen-bond donors (Lipinski definition) is 1. The molecule has 2 aromatic carbocycles. The maximum absolute atomic E-state index is 12.5. The lowest BCUT2D eigenvalue weighted by atomic mass is 10.1. The van der Waals surface area contributed by atoms with Crippen molar-refractivity contribution in [2.75, 3.05) is 19.5 Å². The van der Waals surface area contributed by atoms with Crippen LogP contribution in [0.4, 0.5) is 5.69 Å². The topological polar surface area (TPSA) is 77.8 Å². The molecule has 0 aliphatic carbocycles. The van der Waals surface area contributed by atoms with Crippen LogP contribution in [-0.2, 0) is 0 Å². The Morgan fingerprint density at radius 2 is 1.76 bits per heavy atom. The van der Waals surface area contributed by atoms with Gasteiger partial charge in [-0.25, -0.2) is 4.79 Å². The largest absolute Gasteiger partial charge is 0.493 e. The molecule has 6 nitrogen and oxygen atoms in total. The Morgan fingerprint density at radius 1 is 1.00 bits per heavy atom. The summed E-state index contributed by atoms with van der Waals surface area (Å²) in [7, 11) is 3.03. The highest BCUT2D eigenvalue weighted by atomic mass is 16.5. The maximum Gasteiger partial charge on any atom is 0.349 e. The molecule has 0 fully saturated rings. The zero-order chi connectivity index (χ0) is 18.0. The number of aryl methyl sites for hydroxylation is 1. The summed E-state index contributed by atoms with van der Waals surface area (Å²) >= 11 is 0. The van der Waals surface area contributed by atoms with Crippen LogP contribution in [0, 0.1) is 6.92 Å². The van der Waals surface area contributed by atoms with E-state index >= 15 is 0 Å². The second kappa shape index (κ2) is 6.68. The molecule has 0 saturated heterocycles. The Labute approximate surface area is 144 Å². The maximum atomic E-state index is 12.5. The second-order valence-electron chi connectivity index (χ2n) is 5.51. The summed E-state index contributed by atoms with van der Waals surface area (Å²) in [6, 6.07) is 11.9. The number of nitrogens with one attached hydrogen (secondary N) is 1. The third-order valence-corrected chi connectivity index (χ3v) is 3.77. The molecule has 6 heteroatoms. The van der Waals surface area contributed by atoms with Gasteiger partial charge in [0.1, 0.15) is 11.1 Å². The molecular formula is C19H17NO5. The van der Waals surface area contributed by atoms with Gasteiger partial charge in [0.15, 0.2) is 11.5 Å². The summed E-state index contributed by atoms with van der Waals surface area (Å²) in [5, 5.41) is 3.36. The van der Waals surface area contributed by atoms with Crippen LogP contribution in [0.25, 0.3) is 11.0 Å². The quantitative estimate of drug-likeness (QED) is 0.737. The van der Waals surface area contributed by atoms with E-state index in [4.69, 9.17) is 13.9 Å². The van der Waals surface area contributed by atoms with E-state index in [1.807, 2.05) is 19.1 Å². The van der Waals surface area contributed by atoms with Crippen molar-refractivity contribution < 1.29 is 18.7 Å². The number of ether oxygens (including phenoxy) is 2. The Kier molecular flexibility index (Phi) is 4.43. The molecule has 0 bridgehead atoms. The number of benzene rings is 2. The second-order valence-corrected chi connectivity index (χ2v) is 5.51. The van der Waals surface area contributed by atoms with E-state index in [0.717, 1.165) is 5.56 Å². The van der Waals surface area contributed by atoms with Crippen LogP contribution >= 0.6 is 0 Å². The van der Waals surface area contributed by atoms with Gasteiger partial charge < -0.3 is 19.2 Å². The predicted octanol–water partition coefficient (Wildman–Crippen LogP) is 3.37. The van der Waals surface area contributed by atoms with E-state index in [-0.39, 0.29) is 5.56 Å². The summed E-state index contributed by atoms with van der Waals surface area (Å²) in [6.07, 6.45) is 0. The van der Waals surface area contributed by atoms with Crippen molar-refractivity contribution in [1.29, 1.82) is 0 Å². The molecule has 3 rings (SSSR count). The molecule has 25 heavy (non-hydrogen) atoms. The first-order valence-corrected chi connectivity index (χ1v) is 7.59. The van der Waals surface area contributed by atoms with Gasteiger partial charge in [-0.3, -0.25) is 4.79 Å². The number of methoxy groups -OCH3 is 2. The highest BCUT2D eigenvalue weighted by Crippen LogP contribution is 2.29. The van der Waals surface area contributed by atoms with Crippen LogP contribution in [0.5, 0.6) is 11.5 Å². The normalized spacial score (nSPS) is 10.5. The minimum Gasteiger partial charge on any atom is -0.493 e. The van der Waals surface area contributed by atoms with Crippen LogP contribution in [0.3, 0.4) is 0 Å². The fourth-order valence-corrected chi connectivity index (χ4v) is 2.51. The molecule has 0 aliphatic rings. The zero-order valence-corrected chi connectivity index (χ0v) is 14.1. The zero-order valence-electron chi connectivity index (χ0n) is 14.1. The first-order chi connectivity index (χ1) is 12.0. The van der Waals surface area contributed by atoms with Crippen LogP contribution in [0.15, 0.2) is 51.7 Å². The average molecular weight is 339 g/mol. The average Bonchev–Trinajstić information content (AvgIpc) is 2.61. The number of fused-ring (bicyclic) bond motifs is 1. The van der Waals surface area contributed by atoms with Crippen molar-refractivity contribution in [2.24, 2.45) is 0 Å². The van der Waals surface area contributed by atoms with E-state index in [2.05, 4.69) is 5.32 Å². The number of anilines is 1. The lowest BCUT2D eigenvalue weighted by Gasteiger charge is -2.10. The van der Waals surface area contributed by atoms with E-state index in [0.29, 0.717) is 28.2 Å². The van der Waals surface area contributed by atoms with Gasteiger partial charge in [-0.15, -0.1) is 0 Å². The van der Waals surface area contributed by atoms with Crippen molar-refractivity contribution in [3.63, 3.8) is 0 Å². The summed E-state index contributed by atoms with van der Waals surface area (Å²) in [5.74, 6) is 0.465. The summed E-state index contributed by atoms with van der Waals surface area (Å²) in [4.78, 5) is 24.6. The molecule has 128 valence electrons. The van der Waals surface area contributed by atoms with Gasteiger partial charge in [0.05, 0.1) is 14.2 Å². The van der Waals surface area contributed by atoms with Gasteiger partial charge in [0, 0.05) is 17.1 Å². The molecule has 0 saturated carbocycles. The third-order valence-electron chi connectivity index (χ3n) is 3.77. The monoisotopic (exact) mass is 339 g/mol. The van der Waals surface area contributed by atoms with Crippen LogP contribution < -0.4 is 20.4 Å². The Morgan fingerprint density at radius 3 is 2.48 bits per heavy atom. The fraction of sp³-hybridized carbons (Fsp3) is 0.158. The Hall–Kier alpha value is -3.28. The van der Waals surface area contributed by atoms with Gasteiger partial charge in [-0.1, -0.05) is 11.6 Å². The molecule has 1 amide bonds. The molecule has 3 aromatic rings. The van der Waals surface area contributed by atoms with E-state index < -0.39 is 11.5 Å². The van der Waals surface area contributed by atoms with Crippen molar-refractivity contribution >= 4 is 22.6 Å². The molecule has 0 unspecified atom stereocenters. The Balaban J connectivity index is 1.94. The number of carbonyl (C=O) groups excluding carboxylic acids is 1. The number of amides is 1. The van der Waals surface area contributed by atoms with Crippen LogP contribution in [0.1, 0.15) is 15.9 Å². The number of hydrogen-bond acceptors (Lipinski definition) is 5. The predicted molar refractivity (Wildman–Crippen MR) is 94.7 cm³/mol. The van der Waals surface area contributed by atoms with Crippen molar-refractivity contribution in [1.82, 2.24) is 0 Å². The molecule has 0 aliphatic heterocycles. The molecule has 0 spiro atoms. The van der Waals surface area contributed by atoms with Crippen molar-refractivity contribution in [2.45, 2.75) is 6.92 Å². The first kappa shape index (κ1) is 16.6. The molecular weight excluding hydrogens is 322 g/mol. The van der Waals surface area contributed by atoms with Gasteiger partial charge in [-0.05, 0) is 37.3 Å². The summed E-state index contributed by atoms with van der Waals surface area (Å²) in [5.41, 5.74) is 1.18. The SMILES string of the molecule is COc1ccc(NC(=O)c2cc3cc(C)ccc3oc2=O)cc1OC. The minimum absolute atomic E-state index is 0.0621. The van der Waals surface area contributed by atoms with Gasteiger partial charge >= 0.3 is 5.63 Å². The van der Waals surface area contributed by atoms with Gasteiger partial charge in [0.2, 0.25) is 0 Å². The smallest absolute Gasteiger partial charge is 0.349 e. The van der Waals surface area contributed by atoms with E-state index in [1.54, 1.807) is 24.3 Å². The van der Waals surface area contributed by atoms with Gasteiger partial charge in [-0.2, -0.15) is 0 Å². The third kappa shape index (κ3) is 3.33. The Bertz CT molecular complexity index is 1010. The van der Waals surface area contributed by atoms with Crippen molar-refractivity contribution in [3.05, 3.63) is 64.0 Å². The highest BCUT2D eigenvalue weighted by molar-refractivity contribution is 6.05.